The number of ether oxygens (including phenoxy) is 2. The first-order valence-corrected chi connectivity index (χ1v) is 9.21. The number of carbonyl (C=O) groups excluding carboxylic acids is 2. The molecule has 0 bridgehead atoms. The number of aryl methyl sites for hydroxylation is 1. The summed E-state index contributed by atoms with van der Waals surface area (Å²) < 4.78 is 10.5. The van der Waals surface area contributed by atoms with Crippen molar-refractivity contribution in [3.8, 4) is 0 Å². The van der Waals surface area contributed by atoms with Gasteiger partial charge in [0, 0.05) is 17.3 Å². The Morgan fingerprint density at radius 2 is 1.68 bits per heavy atom. The Morgan fingerprint density at radius 1 is 1.08 bits per heavy atom. The fraction of sp³-hybridized carbons (Fsp3) is 0.706. The Morgan fingerprint density at radius 3 is 2.28 bits per heavy atom. The van der Waals surface area contributed by atoms with Gasteiger partial charge in [0.1, 0.15) is 11.2 Å². The number of hydrogen-bond acceptors (Lipinski definition) is 6. The van der Waals surface area contributed by atoms with Gasteiger partial charge in [-0.3, -0.25) is 5.32 Å². The molecule has 140 valence electrons. The zero-order valence-corrected chi connectivity index (χ0v) is 16.5. The van der Waals surface area contributed by atoms with Crippen LogP contribution in [-0.4, -0.2) is 34.4 Å². The third kappa shape index (κ3) is 6.53. The van der Waals surface area contributed by atoms with Gasteiger partial charge in [0.15, 0.2) is 5.13 Å². The molecular weight excluding hydrogens is 342 g/mol. The van der Waals surface area contributed by atoms with Crippen LogP contribution < -0.4 is 10.6 Å². The van der Waals surface area contributed by atoms with Gasteiger partial charge in [-0.15, -0.1) is 11.3 Å². The zero-order valence-electron chi connectivity index (χ0n) is 15.7. The van der Waals surface area contributed by atoms with Crippen molar-refractivity contribution in [1.29, 1.82) is 0 Å². The Hall–Kier alpha value is -1.83. The second-order valence-electron chi connectivity index (χ2n) is 8.10. The zero-order chi connectivity index (χ0) is 18.8. The minimum absolute atomic E-state index is 0.0113. The highest BCUT2D eigenvalue weighted by Crippen LogP contribution is 2.30. The van der Waals surface area contributed by atoms with E-state index in [4.69, 9.17) is 9.47 Å². The molecule has 25 heavy (non-hydrogen) atoms. The molecule has 1 atom stereocenters. The third-order valence-electron chi connectivity index (χ3n) is 3.27. The molecule has 0 saturated carbocycles. The number of amides is 2. The minimum atomic E-state index is -0.552. The van der Waals surface area contributed by atoms with Crippen LogP contribution >= 0.6 is 11.3 Å². The number of alkyl carbamates (subject to hydrolysis) is 1. The van der Waals surface area contributed by atoms with Crippen molar-refractivity contribution in [2.45, 2.75) is 78.0 Å². The second kappa shape index (κ2) is 7.19. The van der Waals surface area contributed by atoms with Crippen LogP contribution in [-0.2, 0) is 22.3 Å². The van der Waals surface area contributed by atoms with Crippen LogP contribution in [0.15, 0.2) is 0 Å². The Balaban J connectivity index is 1.92. The first kappa shape index (κ1) is 19.5. The van der Waals surface area contributed by atoms with E-state index in [1.165, 1.54) is 11.3 Å². The average Bonchev–Trinajstić information content (AvgIpc) is 2.74. The Kier molecular flexibility index (Phi) is 5.61. The third-order valence-corrected chi connectivity index (χ3v) is 4.30. The molecular formula is C17H27N3O4S. The summed E-state index contributed by atoms with van der Waals surface area (Å²) in [4.78, 5) is 29.3. The predicted molar refractivity (Wildman–Crippen MR) is 97.2 cm³/mol. The smallest absolute Gasteiger partial charge is 0.413 e. The molecule has 2 rings (SSSR count). The van der Waals surface area contributed by atoms with Gasteiger partial charge in [-0.1, -0.05) is 0 Å². The SMILES string of the molecule is CC(C)(C)OC(=O)Nc1nc2c(s1)CC(NC(=O)OC(C)(C)C)CC2. The number of carbonyl (C=O) groups is 2. The number of thiazole rings is 1. The van der Waals surface area contributed by atoms with Gasteiger partial charge in [-0.05, 0) is 54.4 Å². The van der Waals surface area contributed by atoms with E-state index in [0.29, 0.717) is 11.6 Å². The van der Waals surface area contributed by atoms with Gasteiger partial charge in [-0.25, -0.2) is 14.6 Å². The van der Waals surface area contributed by atoms with E-state index < -0.39 is 23.4 Å². The maximum absolute atomic E-state index is 11.9. The van der Waals surface area contributed by atoms with Crippen molar-refractivity contribution < 1.29 is 19.1 Å². The van der Waals surface area contributed by atoms with Crippen LogP contribution in [0.3, 0.4) is 0 Å². The molecule has 0 spiro atoms. The van der Waals surface area contributed by atoms with Gasteiger partial charge in [-0.2, -0.15) is 0 Å². The van der Waals surface area contributed by atoms with E-state index in [2.05, 4.69) is 15.6 Å². The molecule has 1 aromatic rings. The quantitative estimate of drug-likeness (QED) is 0.826. The number of nitrogens with zero attached hydrogens (tertiary/aromatic N) is 1. The van der Waals surface area contributed by atoms with E-state index in [9.17, 15) is 9.59 Å². The molecule has 0 radical (unpaired) electrons. The number of nitrogens with one attached hydrogen (secondary N) is 2. The fourth-order valence-corrected chi connectivity index (χ4v) is 3.49. The van der Waals surface area contributed by atoms with Gasteiger partial charge < -0.3 is 14.8 Å². The van der Waals surface area contributed by atoms with E-state index in [0.717, 1.165) is 23.4 Å². The summed E-state index contributed by atoms with van der Waals surface area (Å²) in [7, 11) is 0. The molecule has 8 heteroatoms. The van der Waals surface area contributed by atoms with Crippen LogP contribution in [0.1, 0.15) is 58.5 Å². The van der Waals surface area contributed by atoms with Crippen LogP contribution in [0, 0.1) is 0 Å². The van der Waals surface area contributed by atoms with Crippen LogP contribution in [0.4, 0.5) is 14.7 Å². The first-order valence-electron chi connectivity index (χ1n) is 8.39. The molecule has 1 heterocycles. The molecule has 1 unspecified atom stereocenters. The maximum Gasteiger partial charge on any atom is 0.413 e. The second-order valence-corrected chi connectivity index (χ2v) is 9.19. The van der Waals surface area contributed by atoms with E-state index >= 15 is 0 Å². The molecule has 7 nitrogen and oxygen atoms in total. The maximum atomic E-state index is 11.9. The van der Waals surface area contributed by atoms with Crippen LogP contribution in [0.5, 0.6) is 0 Å². The summed E-state index contributed by atoms with van der Waals surface area (Å²) in [5.74, 6) is 0. The van der Waals surface area contributed by atoms with Crippen molar-refractivity contribution in [1.82, 2.24) is 10.3 Å². The van der Waals surface area contributed by atoms with Crippen molar-refractivity contribution in [3.05, 3.63) is 10.6 Å². The van der Waals surface area contributed by atoms with E-state index in [1.807, 2.05) is 41.5 Å². The highest BCUT2D eigenvalue weighted by Gasteiger charge is 2.26. The van der Waals surface area contributed by atoms with Crippen LogP contribution in [0.25, 0.3) is 0 Å². The minimum Gasteiger partial charge on any atom is -0.444 e. The molecule has 1 aliphatic carbocycles. The number of rotatable bonds is 2. The summed E-state index contributed by atoms with van der Waals surface area (Å²) in [5, 5.41) is 6.10. The molecule has 0 fully saturated rings. The number of hydrogen-bond donors (Lipinski definition) is 2. The summed E-state index contributed by atoms with van der Waals surface area (Å²) in [5.41, 5.74) is -0.0965. The summed E-state index contributed by atoms with van der Waals surface area (Å²) >= 11 is 1.42. The van der Waals surface area contributed by atoms with Crippen molar-refractivity contribution >= 4 is 28.7 Å². The summed E-state index contributed by atoms with van der Waals surface area (Å²) in [6, 6.07) is 0.0113. The Labute approximate surface area is 152 Å². The molecule has 0 aliphatic heterocycles. The lowest BCUT2D eigenvalue weighted by molar-refractivity contribution is 0.0499. The fourth-order valence-electron chi connectivity index (χ4n) is 2.42. The van der Waals surface area contributed by atoms with Crippen molar-refractivity contribution in [2.24, 2.45) is 0 Å². The molecule has 2 amide bonds. The number of fused-ring (bicyclic) bond motifs is 1. The molecule has 2 N–H and O–H groups in total. The lowest BCUT2D eigenvalue weighted by Gasteiger charge is -2.25. The van der Waals surface area contributed by atoms with E-state index in [1.54, 1.807) is 0 Å². The molecule has 1 aromatic heterocycles. The van der Waals surface area contributed by atoms with Gasteiger partial charge in [0.2, 0.25) is 0 Å². The van der Waals surface area contributed by atoms with Crippen LogP contribution in [0.2, 0.25) is 0 Å². The highest BCUT2D eigenvalue weighted by molar-refractivity contribution is 7.15. The van der Waals surface area contributed by atoms with Gasteiger partial charge >= 0.3 is 12.2 Å². The lowest BCUT2D eigenvalue weighted by atomic mass is 9.98. The summed E-state index contributed by atoms with van der Waals surface area (Å²) in [6.07, 6.45) is 1.31. The number of anilines is 1. The largest absolute Gasteiger partial charge is 0.444 e. The predicted octanol–water partition coefficient (Wildman–Crippen LogP) is 3.87. The van der Waals surface area contributed by atoms with Crippen molar-refractivity contribution in [3.63, 3.8) is 0 Å². The standard InChI is InChI=1S/C17H27N3O4S/c1-16(2,3)23-14(21)18-10-7-8-11-12(9-10)25-13(19-11)20-15(22)24-17(4,5)6/h10H,7-9H2,1-6H3,(H,18,21)(H,19,20,22). The lowest BCUT2D eigenvalue weighted by Crippen LogP contribution is -2.41. The molecule has 0 saturated heterocycles. The number of aromatic nitrogens is 1. The Bertz CT molecular complexity index is 643. The van der Waals surface area contributed by atoms with Crippen molar-refractivity contribution in [2.75, 3.05) is 5.32 Å². The molecule has 1 aliphatic rings. The normalized spacial score (nSPS) is 17.4. The van der Waals surface area contributed by atoms with Gasteiger partial charge in [0.25, 0.3) is 0 Å². The van der Waals surface area contributed by atoms with E-state index in [-0.39, 0.29) is 6.04 Å². The topological polar surface area (TPSA) is 89.5 Å². The average molecular weight is 369 g/mol. The van der Waals surface area contributed by atoms with Gasteiger partial charge in [0.05, 0.1) is 5.69 Å². The highest BCUT2D eigenvalue weighted by atomic mass is 32.1. The summed E-state index contributed by atoms with van der Waals surface area (Å²) in [6.45, 7) is 10.9. The first-order chi connectivity index (χ1) is 11.4. The molecule has 0 aromatic carbocycles. The monoisotopic (exact) mass is 369 g/mol.